The second kappa shape index (κ2) is 9.45. The Kier molecular flexibility index (Phi) is 7.00. The minimum atomic E-state index is -0.162. The maximum atomic E-state index is 13.0. The van der Waals surface area contributed by atoms with Gasteiger partial charge >= 0.3 is 0 Å². The van der Waals surface area contributed by atoms with Crippen LogP contribution in [-0.2, 0) is 4.79 Å². The Morgan fingerprint density at radius 1 is 1.38 bits per heavy atom. The SMILES string of the molecule is CSc1ccc(C(CC2CCCC2)C(=O)Nc2ncc(SC#N)s2)cc1. The molecule has 1 unspecified atom stereocenters. The Balaban J connectivity index is 1.76. The van der Waals surface area contributed by atoms with Crippen LogP contribution in [0, 0.1) is 16.6 Å². The van der Waals surface area contributed by atoms with Crippen LogP contribution in [0.2, 0.25) is 0 Å². The highest BCUT2D eigenvalue weighted by atomic mass is 32.2. The third-order valence-electron chi connectivity index (χ3n) is 4.74. The topological polar surface area (TPSA) is 65.8 Å². The standard InChI is InChI=1S/C19H21N3OS3/c1-24-15-8-6-14(7-9-15)16(10-13-4-2-3-5-13)18(23)22-19-21-11-17(26-19)25-12-20/h6-9,11,13,16H,2-5,10H2,1H3,(H,21,22,23). The third kappa shape index (κ3) is 5.03. The van der Waals surface area contributed by atoms with Crippen LogP contribution in [0.3, 0.4) is 0 Å². The molecule has 1 N–H and O–H groups in total. The van der Waals surface area contributed by atoms with E-state index >= 15 is 0 Å². The molecule has 136 valence electrons. The summed E-state index contributed by atoms with van der Waals surface area (Å²) in [5, 5.41) is 14.3. The van der Waals surface area contributed by atoms with E-state index in [1.54, 1.807) is 18.0 Å². The molecule has 1 aromatic carbocycles. The smallest absolute Gasteiger partial charge is 0.233 e. The summed E-state index contributed by atoms with van der Waals surface area (Å²) in [5.41, 5.74) is 1.07. The highest BCUT2D eigenvalue weighted by Crippen LogP contribution is 2.36. The number of carbonyl (C=O) groups is 1. The molecule has 1 heterocycles. The Bertz CT molecular complexity index is 776. The lowest BCUT2D eigenvalue weighted by atomic mass is 9.87. The van der Waals surface area contributed by atoms with Crippen molar-refractivity contribution in [2.24, 2.45) is 5.92 Å². The number of nitrogens with zero attached hydrogens (tertiary/aromatic N) is 2. The van der Waals surface area contributed by atoms with E-state index in [0.29, 0.717) is 11.0 Å². The van der Waals surface area contributed by atoms with Gasteiger partial charge in [-0.1, -0.05) is 49.2 Å². The average molecular weight is 404 g/mol. The van der Waals surface area contributed by atoms with Gasteiger partial charge in [-0.25, -0.2) is 4.98 Å². The first-order valence-electron chi connectivity index (χ1n) is 8.66. The summed E-state index contributed by atoms with van der Waals surface area (Å²) in [5.74, 6) is 0.452. The van der Waals surface area contributed by atoms with Gasteiger partial charge in [0, 0.05) is 16.7 Å². The van der Waals surface area contributed by atoms with Gasteiger partial charge in [-0.05, 0) is 36.3 Å². The molecule has 1 aliphatic carbocycles. The first-order valence-corrected chi connectivity index (χ1v) is 11.5. The number of hydrogen-bond donors (Lipinski definition) is 1. The molecule has 0 saturated heterocycles. The normalized spacial score (nSPS) is 15.5. The number of nitriles is 1. The predicted octanol–water partition coefficient (Wildman–Crippen LogP) is 5.74. The summed E-state index contributed by atoms with van der Waals surface area (Å²) in [6, 6.07) is 8.31. The second-order valence-corrected chi connectivity index (χ2v) is 9.37. The molecule has 1 fully saturated rings. The molecule has 1 aromatic heterocycles. The van der Waals surface area contributed by atoms with Crippen molar-refractivity contribution in [3.8, 4) is 5.40 Å². The van der Waals surface area contributed by atoms with Crippen LogP contribution in [0.25, 0.3) is 0 Å². The number of aromatic nitrogens is 1. The van der Waals surface area contributed by atoms with Gasteiger partial charge in [-0.15, -0.1) is 11.8 Å². The molecule has 0 aliphatic heterocycles. The molecule has 3 rings (SSSR count). The molecular formula is C19H21N3OS3. The van der Waals surface area contributed by atoms with E-state index in [9.17, 15) is 4.79 Å². The van der Waals surface area contributed by atoms with E-state index < -0.39 is 0 Å². The van der Waals surface area contributed by atoms with Gasteiger partial charge in [-0.2, -0.15) is 5.26 Å². The van der Waals surface area contributed by atoms with Crippen molar-refractivity contribution in [1.29, 1.82) is 5.26 Å². The zero-order chi connectivity index (χ0) is 18.4. The van der Waals surface area contributed by atoms with E-state index in [1.807, 2.05) is 5.40 Å². The molecule has 1 amide bonds. The van der Waals surface area contributed by atoms with Crippen LogP contribution in [0.5, 0.6) is 0 Å². The minimum Gasteiger partial charge on any atom is -0.301 e. The highest BCUT2D eigenvalue weighted by molar-refractivity contribution is 8.05. The minimum absolute atomic E-state index is 0.00309. The van der Waals surface area contributed by atoms with Crippen LogP contribution in [0.15, 0.2) is 39.6 Å². The molecule has 1 atom stereocenters. The molecule has 7 heteroatoms. The summed E-state index contributed by atoms with van der Waals surface area (Å²) >= 11 is 4.11. The number of thiazole rings is 1. The summed E-state index contributed by atoms with van der Waals surface area (Å²) < 4.78 is 0.791. The summed E-state index contributed by atoms with van der Waals surface area (Å²) in [4.78, 5) is 18.4. The fourth-order valence-corrected chi connectivity index (χ4v) is 5.08. The molecule has 1 saturated carbocycles. The van der Waals surface area contributed by atoms with Crippen molar-refractivity contribution in [1.82, 2.24) is 4.98 Å². The lowest BCUT2D eigenvalue weighted by Gasteiger charge is -2.20. The van der Waals surface area contributed by atoms with Crippen LogP contribution in [-0.4, -0.2) is 17.1 Å². The zero-order valence-corrected chi connectivity index (χ0v) is 17.1. The molecule has 1 aliphatic rings. The number of thiocyanates is 1. The van der Waals surface area contributed by atoms with Crippen molar-refractivity contribution < 1.29 is 4.79 Å². The number of hydrogen-bond acceptors (Lipinski definition) is 6. The van der Waals surface area contributed by atoms with Crippen molar-refractivity contribution >= 4 is 45.9 Å². The molecule has 4 nitrogen and oxygen atoms in total. The third-order valence-corrected chi connectivity index (χ3v) is 7.09. The Labute approximate surface area is 166 Å². The molecule has 0 spiro atoms. The molecular weight excluding hydrogens is 382 g/mol. The fraction of sp³-hybridized carbons (Fsp3) is 0.421. The number of carbonyl (C=O) groups excluding carboxylic acids is 1. The first-order chi connectivity index (χ1) is 12.7. The maximum absolute atomic E-state index is 13.0. The van der Waals surface area contributed by atoms with Gasteiger partial charge in [0.1, 0.15) is 5.40 Å². The number of rotatable bonds is 7. The quantitative estimate of drug-likeness (QED) is 0.471. The van der Waals surface area contributed by atoms with Crippen LogP contribution in [0.4, 0.5) is 5.13 Å². The summed E-state index contributed by atoms with van der Waals surface area (Å²) in [7, 11) is 0. The van der Waals surface area contributed by atoms with Crippen LogP contribution >= 0.6 is 34.9 Å². The van der Waals surface area contributed by atoms with Crippen molar-refractivity contribution in [3.63, 3.8) is 0 Å². The van der Waals surface area contributed by atoms with Gasteiger partial charge in [0.25, 0.3) is 0 Å². The molecule has 0 bridgehead atoms. The predicted molar refractivity (Wildman–Crippen MR) is 110 cm³/mol. The van der Waals surface area contributed by atoms with Crippen molar-refractivity contribution in [3.05, 3.63) is 36.0 Å². The largest absolute Gasteiger partial charge is 0.301 e. The number of thioether (sulfide) groups is 2. The molecule has 26 heavy (non-hydrogen) atoms. The van der Waals surface area contributed by atoms with Crippen molar-refractivity contribution in [2.45, 2.75) is 47.1 Å². The lowest BCUT2D eigenvalue weighted by molar-refractivity contribution is -0.118. The van der Waals surface area contributed by atoms with E-state index in [2.05, 4.69) is 40.8 Å². The highest BCUT2D eigenvalue weighted by Gasteiger charge is 2.27. The number of benzene rings is 1. The van der Waals surface area contributed by atoms with Crippen LogP contribution in [0.1, 0.15) is 43.6 Å². The zero-order valence-electron chi connectivity index (χ0n) is 14.6. The first kappa shape index (κ1) is 19.3. The van der Waals surface area contributed by atoms with Crippen molar-refractivity contribution in [2.75, 3.05) is 11.6 Å². The number of nitrogens with one attached hydrogen (secondary N) is 1. The second-order valence-electron chi connectivity index (χ2n) is 6.38. The monoisotopic (exact) mass is 403 g/mol. The molecule has 2 aromatic rings. The van der Waals surface area contributed by atoms with E-state index in [4.69, 9.17) is 5.26 Å². The van der Waals surface area contributed by atoms with Gasteiger partial charge in [0.05, 0.1) is 16.3 Å². The lowest BCUT2D eigenvalue weighted by Crippen LogP contribution is -2.23. The molecule has 0 radical (unpaired) electrons. The Hall–Kier alpha value is -1.49. The van der Waals surface area contributed by atoms with E-state index in [0.717, 1.165) is 28.0 Å². The Morgan fingerprint density at radius 2 is 2.12 bits per heavy atom. The van der Waals surface area contributed by atoms with Gasteiger partial charge < -0.3 is 5.32 Å². The van der Waals surface area contributed by atoms with Gasteiger partial charge in [0.15, 0.2) is 5.13 Å². The fourth-order valence-electron chi connectivity index (χ4n) is 3.41. The van der Waals surface area contributed by atoms with Gasteiger partial charge in [-0.3, -0.25) is 4.79 Å². The summed E-state index contributed by atoms with van der Waals surface area (Å²) in [6.07, 6.45) is 9.54. The van der Waals surface area contributed by atoms with Gasteiger partial charge in [0.2, 0.25) is 5.91 Å². The van der Waals surface area contributed by atoms with E-state index in [-0.39, 0.29) is 11.8 Å². The van der Waals surface area contributed by atoms with E-state index in [1.165, 1.54) is 41.9 Å². The average Bonchev–Trinajstić information content (AvgIpc) is 3.32. The number of anilines is 1. The summed E-state index contributed by atoms with van der Waals surface area (Å²) in [6.45, 7) is 0. The Morgan fingerprint density at radius 3 is 2.77 bits per heavy atom. The van der Waals surface area contributed by atoms with Crippen LogP contribution < -0.4 is 5.32 Å². The number of amides is 1. The maximum Gasteiger partial charge on any atom is 0.233 e.